The molecule has 0 aliphatic carbocycles. The third-order valence-corrected chi connectivity index (χ3v) is 3.65. The van der Waals surface area contributed by atoms with E-state index >= 15 is 0 Å². The van der Waals surface area contributed by atoms with Crippen LogP contribution in [0.15, 0.2) is 42.2 Å². The van der Waals surface area contributed by atoms with Crippen LogP contribution in [0.2, 0.25) is 0 Å². The summed E-state index contributed by atoms with van der Waals surface area (Å²) >= 11 is 1.66. The first kappa shape index (κ1) is 8.24. The molecule has 0 unspecified atom stereocenters. The van der Waals surface area contributed by atoms with E-state index in [1.54, 1.807) is 11.3 Å². The van der Waals surface area contributed by atoms with Gasteiger partial charge in [0.25, 0.3) is 0 Å². The number of hydrogen-bond acceptors (Lipinski definition) is 3. The molecule has 4 heteroatoms. The van der Waals surface area contributed by atoms with Gasteiger partial charge in [-0.15, -0.1) is 11.3 Å². The number of rotatable bonds is 0. The molecule has 3 nitrogen and oxygen atoms in total. The third-order valence-electron chi connectivity index (χ3n) is 2.82. The van der Waals surface area contributed by atoms with E-state index in [1.807, 2.05) is 23.8 Å². The second-order valence-corrected chi connectivity index (χ2v) is 4.50. The van der Waals surface area contributed by atoms with Crippen LogP contribution in [-0.2, 0) is 0 Å². The Morgan fingerprint density at radius 3 is 3.06 bits per heavy atom. The molecule has 0 atom stereocenters. The van der Waals surface area contributed by atoms with E-state index in [1.165, 1.54) is 4.83 Å². The molecule has 0 saturated carbocycles. The van der Waals surface area contributed by atoms with Crippen molar-refractivity contribution in [3.63, 3.8) is 0 Å². The molecule has 0 fully saturated rings. The number of nitrogens with zero attached hydrogens (tertiary/aromatic N) is 3. The van der Waals surface area contributed by atoms with Gasteiger partial charge in [-0.05, 0) is 24.3 Å². The number of pyridine rings is 2. The number of thiazole rings is 1. The molecule has 0 N–H and O–H groups in total. The SMILES string of the molecule is c1cnc2c(c1)c1ncsc1n1cccc21. The third kappa shape index (κ3) is 0.875. The molecule has 0 amide bonds. The number of hydrogen-bond donors (Lipinski definition) is 0. The van der Waals surface area contributed by atoms with Crippen molar-refractivity contribution in [1.29, 1.82) is 0 Å². The first-order chi connectivity index (χ1) is 7.95. The molecule has 16 heavy (non-hydrogen) atoms. The summed E-state index contributed by atoms with van der Waals surface area (Å²) in [5.74, 6) is 0. The Morgan fingerprint density at radius 2 is 2.06 bits per heavy atom. The Bertz CT molecular complexity index is 744. The molecule has 0 aliphatic rings. The average molecular weight is 225 g/mol. The molecule has 0 aliphatic heterocycles. The molecule has 0 saturated heterocycles. The van der Waals surface area contributed by atoms with Crippen LogP contribution < -0.4 is 0 Å². The lowest BCUT2D eigenvalue weighted by molar-refractivity contribution is 1.28. The Labute approximate surface area is 95.0 Å². The maximum Gasteiger partial charge on any atom is 0.128 e. The maximum atomic E-state index is 4.46. The van der Waals surface area contributed by atoms with Gasteiger partial charge in [0.2, 0.25) is 0 Å². The minimum Gasteiger partial charge on any atom is -0.305 e. The normalized spacial score (nSPS) is 11.8. The van der Waals surface area contributed by atoms with E-state index in [-0.39, 0.29) is 0 Å². The zero-order chi connectivity index (χ0) is 10.5. The van der Waals surface area contributed by atoms with Gasteiger partial charge in [-0.2, -0.15) is 0 Å². The molecular formula is C12H7N3S. The van der Waals surface area contributed by atoms with E-state index in [2.05, 4.69) is 32.7 Å². The summed E-state index contributed by atoms with van der Waals surface area (Å²) in [4.78, 5) is 10.1. The van der Waals surface area contributed by atoms with Crippen LogP contribution in [0.1, 0.15) is 0 Å². The van der Waals surface area contributed by atoms with E-state index < -0.39 is 0 Å². The molecule has 76 valence electrons. The zero-order valence-electron chi connectivity index (χ0n) is 8.29. The van der Waals surface area contributed by atoms with E-state index in [0.29, 0.717) is 0 Å². The topological polar surface area (TPSA) is 30.2 Å². The van der Waals surface area contributed by atoms with Gasteiger partial charge in [0.15, 0.2) is 0 Å². The van der Waals surface area contributed by atoms with Crippen molar-refractivity contribution in [2.45, 2.75) is 0 Å². The summed E-state index contributed by atoms with van der Waals surface area (Å²) in [6.07, 6.45) is 3.89. The molecule has 4 aromatic heterocycles. The van der Waals surface area contributed by atoms with Crippen molar-refractivity contribution in [1.82, 2.24) is 14.4 Å². The van der Waals surface area contributed by atoms with Crippen LogP contribution in [0.4, 0.5) is 0 Å². The van der Waals surface area contributed by atoms with Gasteiger partial charge in [0, 0.05) is 17.8 Å². The fraction of sp³-hybridized carbons (Fsp3) is 0. The lowest BCUT2D eigenvalue weighted by Crippen LogP contribution is -1.88. The number of aromatic nitrogens is 3. The molecule has 0 spiro atoms. The second kappa shape index (κ2) is 2.80. The van der Waals surface area contributed by atoms with Crippen LogP contribution >= 0.6 is 11.3 Å². The zero-order valence-corrected chi connectivity index (χ0v) is 9.11. The van der Waals surface area contributed by atoms with Crippen molar-refractivity contribution in [2.24, 2.45) is 0 Å². The molecule has 4 heterocycles. The highest BCUT2D eigenvalue weighted by atomic mass is 32.1. The summed E-state index contributed by atoms with van der Waals surface area (Å²) in [6.45, 7) is 0. The minimum atomic E-state index is 1.02. The Morgan fingerprint density at radius 1 is 1.06 bits per heavy atom. The molecular weight excluding hydrogens is 218 g/mol. The number of fused-ring (bicyclic) bond motifs is 6. The molecule has 0 aromatic carbocycles. The molecule has 4 rings (SSSR count). The average Bonchev–Trinajstić information content (AvgIpc) is 2.98. The Balaban J connectivity index is 2.51. The van der Waals surface area contributed by atoms with Gasteiger partial charge >= 0.3 is 0 Å². The van der Waals surface area contributed by atoms with Gasteiger partial charge in [0.1, 0.15) is 10.3 Å². The predicted octanol–water partition coefficient (Wildman–Crippen LogP) is 3.10. The van der Waals surface area contributed by atoms with E-state index in [9.17, 15) is 0 Å². The van der Waals surface area contributed by atoms with Crippen LogP contribution in [0.25, 0.3) is 26.8 Å². The summed E-state index contributed by atoms with van der Waals surface area (Å²) in [7, 11) is 0. The first-order valence-electron chi connectivity index (χ1n) is 5.02. The first-order valence-corrected chi connectivity index (χ1v) is 5.90. The maximum absolute atomic E-state index is 4.46. The van der Waals surface area contributed by atoms with Crippen LogP contribution in [-0.4, -0.2) is 14.4 Å². The van der Waals surface area contributed by atoms with E-state index in [0.717, 1.165) is 21.9 Å². The highest BCUT2D eigenvalue weighted by molar-refractivity contribution is 7.16. The highest BCUT2D eigenvalue weighted by Crippen LogP contribution is 2.29. The quantitative estimate of drug-likeness (QED) is 0.460. The molecule has 4 aromatic rings. The van der Waals surface area contributed by atoms with E-state index in [4.69, 9.17) is 0 Å². The predicted molar refractivity (Wildman–Crippen MR) is 65.9 cm³/mol. The van der Waals surface area contributed by atoms with Crippen molar-refractivity contribution < 1.29 is 0 Å². The standard InChI is InChI=1S/C12H7N3S/c1-3-8-10(13-5-1)9-4-2-6-15(9)12-11(8)14-7-16-12/h1-7H. The van der Waals surface area contributed by atoms with Gasteiger partial charge in [-0.25, -0.2) is 4.98 Å². The summed E-state index contributed by atoms with van der Waals surface area (Å²) < 4.78 is 2.16. The minimum absolute atomic E-state index is 1.02. The van der Waals surface area contributed by atoms with Crippen molar-refractivity contribution >= 4 is 38.1 Å². The smallest absolute Gasteiger partial charge is 0.128 e. The highest BCUT2D eigenvalue weighted by Gasteiger charge is 2.09. The van der Waals surface area contributed by atoms with Crippen molar-refractivity contribution in [3.05, 3.63) is 42.2 Å². The van der Waals surface area contributed by atoms with Gasteiger partial charge in [-0.3, -0.25) is 4.98 Å². The van der Waals surface area contributed by atoms with Crippen LogP contribution in [0.5, 0.6) is 0 Å². The summed E-state index contributed by atoms with van der Waals surface area (Å²) in [6, 6.07) is 8.18. The fourth-order valence-electron chi connectivity index (χ4n) is 2.15. The van der Waals surface area contributed by atoms with Crippen LogP contribution in [0, 0.1) is 0 Å². The Hall–Kier alpha value is -1.94. The lowest BCUT2D eigenvalue weighted by Gasteiger charge is -2.02. The van der Waals surface area contributed by atoms with Gasteiger partial charge in [0.05, 0.1) is 16.5 Å². The lowest BCUT2D eigenvalue weighted by atomic mass is 10.2. The molecule has 0 radical (unpaired) electrons. The largest absolute Gasteiger partial charge is 0.305 e. The monoisotopic (exact) mass is 225 g/mol. The fourth-order valence-corrected chi connectivity index (χ4v) is 2.95. The van der Waals surface area contributed by atoms with Crippen molar-refractivity contribution in [3.8, 4) is 0 Å². The van der Waals surface area contributed by atoms with Gasteiger partial charge < -0.3 is 4.40 Å². The van der Waals surface area contributed by atoms with Crippen molar-refractivity contribution in [2.75, 3.05) is 0 Å². The van der Waals surface area contributed by atoms with Crippen LogP contribution in [0.3, 0.4) is 0 Å². The molecule has 0 bridgehead atoms. The second-order valence-electron chi connectivity index (χ2n) is 3.67. The Kier molecular flexibility index (Phi) is 1.44. The van der Waals surface area contributed by atoms with Gasteiger partial charge in [-0.1, -0.05) is 0 Å². The summed E-state index contributed by atoms with van der Waals surface area (Å²) in [5.41, 5.74) is 5.09. The summed E-state index contributed by atoms with van der Waals surface area (Å²) in [5, 5.41) is 1.13.